The van der Waals surface area contributed by atoms with Gasteiger partial charge in [0.2, 0.25) is 12.7 Å². The molecule has 0 atom stereocenters. The molecule has 25 heavy (non-hydrogen) atoms. The first kappa shape index (κ1) is 15.6. The van der Waals surface area contributed by atoms with Crippen LogP contribution in [0.4, 0.5) is 11.4 Å². The van der Waals surface area contributed by atoms with Crippen molar-refractivity contribution in [3.8, 4) is 17.2 Å². The number of fused-ring (bicyclic) bond motifs is 2. The van der Waals surface area contributed by atoms with Crippen LogP contribution in [0.15, 0.2) is 30.3 Å². The molecule has 6 nitrogen and oxygen atoms in total. The molecule has 4 rings (SSSR count). The molecule has 1 aliphatic carbocycles. The molecule has 0 aromatic heterocycles. The minimum absolute atomic E-state index is 0.128. The molecule has 2 aromatic carbocycles. The van der Waals surface area contributed by atoms with Crippen LogP contribution in [0.1, 0.15) is 17.5 Å². The van der Waals surface area contributed by atoms with Gasteiger partial charge in [-0.3, -0.25) is 4.79 Å². The van der Waals surface area contributed by atoms with Gasteiger partial charge in [0.1, 0.15) is 5.75 Å². The van der Waals surface area contributed by atoms with Gasteiger partial charge in [0, 0.05) is 11.8 Å². The van der Waals surface area contributed by atoms with Crippen molar-refractivity contribution in [3.63, 3.8) is 0 Å². The molecule has 1 aliphatic heterocycles. The van der Waals surface area contributed by atoms with Crippen molar-refractivity contribution in [1.82, 2.24) is 0 Å². The zero-order valence-electron chi connectivity index (χ0n) is 14.1. The largest absolute Gasteiger partial charge is 0.495 e. The predicted molar refractivity (Wildman–Crippen MR) is 94.7 cm³/mol. The van der Waals surface area contributed by atoms with Crippen LogP contribution in [0.25, 0.3) is 0 Å². The maximum atomic E-state index is 12.3. The molecule has 1 heterocycles. The summed E-state index contributed by atoms with van der Waals surface area (Å²) >= 11 is 0. The summed E-state index contributed by atoms with van der Waals surface area (Å²) in [4.78, 5) is 12.3. The summed E-state index contributed by atoms with van der Waals surface area (Å²) in [6.07, 6.45) is 3.23. The van der Waals surface area contributed by atoms with Gasteiger partial charge < -0.3 is 24.8 Å². The van der Waals surface area contributed by atoms with Gasteiger partial charge in [-0.2, -0.15) is 0 Å². The molecule has 0 bridgehead atoms. The second-order valence-corrected chi connectivity index (χ2v) is 6.10. The lowest BCUT2D eigenvalue weighted by Gasteiger charge is -2.15. The Hall–Kier alpha value is -2.89. The number of methoxy groups -OCH3 is 1. The van der Waals surface area contributed by atoms with Gasteiger partial charge in [-0.25, -0.2) is 0 Å². The highest BCUT2D eigenvalue weighted by molar-refractivity contribution is 5.94. The molecule has 0 saturated carbocycles. The first-order valence-corrected chi connectivity index (χ1v) is 8.37. The summed E-state index contributed by atoms with van der Waals surface area (Å²) < 4.78 is 16.0. The molecule has 0 radical (unpaired) electrons. The van der Waals surface area contributed by atoms with Crippen LogP contribution in [0.2, 0.25) is 0 Å². The van der Waals surface area contributed by atoms with E-state index in [9.17, 15) is 4.79 Å². The Morgan fingerprint density at radius 3 is 2.92 bits per heavy atom. The number of nitrogens with one attached hydrogen (secondary N) is 2. The molecule has 2 aliphatic rings. The first-order valence-electron chi connectivity index (χ1n) is 8.37. The Kier molecular flexibility index (Phi) is 4.09. The number of ether oxygens (including phenoxy) is 3. The summed E-state index contributed by atoms with van der Waals surface area (Å²) in [5.41, 5.74) is 4.20. The molecular weight excluding hydrogens is 320 g/mol. The summed E-state index contributed by atoms with van der Waals surface area (Å²) in [7, 11) is 1.65. The van der Waals surface area contributed by atoms with Gasteiger partial charge in [0.15, 0.2) is 11.5 Å². The predicted octanol–water partition coefficient (Wildman–Crippen LogP) is 2.96. The second-order valence-electron chi connectivity index (χ2n) is 6.10. The molecule has 1 amide bonds. The zero-order chi connectivity index (χ0) is 17.2. The maximum absolute atomic E-state index is 12.3. The third-order valence-corrected chi connectivity index (χ3v) is 4.55. The number of carbonyl (C=O) groups excluding carboxylic acids is 1. The molecule has 6 heteroatoms. The number of anilines is 2. The van der Waals surface area contributed by atoms with Crippen molar-refractivity contribution in [2.45, 2.75) is 19.3 Å². The van der Waals surface area contributed by atoms with Gasteiger partial charge in [-0.05, 0) is 48.6 Å². The Balaban J connectivity index is 1.43. The molecule has 0 fully saturated rings. The van der Waals surface area contributed by atoms with Crippen LogP contribution >= 0.6 is 0 Å². The summed E-state index contributed by atoms with van der Waals surface area (Å²) in [5, 5.41) is 6.11. The molecular formula is C19H20N2O4. The fourth-order valence-electron chi connectivity index (χ4n) is 3.36. The average Bonchev–Trinajstić information content (AvgIpc) is 3.27. The molecule has 130 valence electrons. The maximum Gasteiger partial charge on any atom is 0.243 e. The third-order valence-electron chi connectivity index (χ3n) is 4.55. The fraction of sp³-hybridized carbons (Fsp3) is 0.316. The average molecular weight is 340 g/mol. The first-order chi connectivity index (χ1) is 12.2. The highest BCUT2D eigenvalue weighted by Crippen LogP contribution is 2.36. The van der Waals surface area contributed by atoms with Crippen LogP contribution < -0.4 is 24.8 Å². The Morgan fingerprint density at radius 1 is 1.16 bits per heavy atom. The van der Waals surface area contributed by atoms with Crippen LogP contribution in [0.5, 0.6) is 17.2 Å². The number of amides is 1. The second kappa shape index (κ2) is 6.55. The van der Waals surface area contributed by atoms with E-state index in [2.05, 4.69) is 16.7 Å². The highest BCUT2D eigenvalue weighted by Gasteiger charge is 2.19. The number of hydrogen-bond donors (Lipinski definition) is 2. The van der Waals surface area contributed by atoms with Crippen molar-refractivity contribution in [1.29, 1.82) is 0 Å². The number of aryl methyl sites for hydroxylation is 1. The topological polar surface area (TPSA) is 68.8 Å². The Labute approximate surface area is 146 Å². The van der Waals surface area contributed by atoms with Crippen LogP contribution in [0.3, 0.4) is 0 Å². The van der Waals surface area contributed by atoms with E-state index in [1.54, 1.807) is 25.3 Å². The standard InChI is InChI=1S/C19H20N2O4/c1-23-16-7-5-12-3-2-4-14(12)19(16)20-10-18(22)21-13-6-8-15-17(9-13)25-11-24-15/h5-9,20H,2-4,10-11H2,1H3,(H,21,22). The van der Waals surface area contributed by atoms with E-state index in [1.165, 1.54) is 11.1 Å². The van der Waals surface area contributed by atoms with Gasteiger partial charge in [-0.15, -0.1) is 0 Å². The Bertz CT molecular complexity index is 819. The number of rotatable bonds is 5. The zero-order valence-corrected chi connectivity index (χ0v) is 14.1. The van der Waals surface area contributed by atoms with Gasteiger partial charge in [0.25, 0.3) is 0 Å². The van der Waals surface area contributed by atoms with Crippen molar-refractivity contribution in [2.24, 2.45) is 0 Å². The van der Waals surface area contributed by atoms with E-state index in [0.29, 0.717) is 17.2 Å². The minimum Gasteiger partial charge on any atom is -0.495 e. The lowest BCUT2D eigenvalue weighted by atomic mass is 10.1. The smallest absolute Gasteiger partial charge is 0.243 e. The van der Waals surface area contributed by atoms with E-state index in [4.69, 9.17) is 14.2 Å². The lowest BCUT2D eigenvalue weighted by molar-refractivity contribution is -0.114. The number of benzene rings is 2. The van der Waals surface area contributed by atoms with Crippen LogP contribution in [-0.4, -0.2) is 26.4 Å². The molecule has 2 aromatic rings. The normalized spacial score (nSPS) is 14.1. The van der Waals surface area contributed by atoms with E-state index in [0.717, 1.165) is 30.7 Å². The minimum atomic E-state index is -0.128. The van der Waals surface area contributed by atoms with Crippen LogP contribution in [0, 0.1) is 0 Å². The van der Waals surface area contributed by atoms with Crippen molar-refractivity contribution < 1.29 is 19.0 Å². The molecule has 2 N–H and O–H groups in total. The monoisotopic (exact) mass is 340 g/mol. The van der Waals surface area contributed by atoms with E-state index in [-0.39, 0.29) is 19.2 Å². The summed E-state index contributed by atoms with van der Waals surface area (Å²) in [6, 6.07) is 9.42. The third kappa shape index (κ3) is 3.07. The van der Waals surface area contributed by atoms with Gasteiger partial charge in [-0.1, -0.05) is 6.07 Å². The summed E-state index contributed by atoms with van der Waals surface area (Å²) in [5.74, 6) is 1.99. The van der Waals surface area contributed by atoms with Gasteiger partial charge >= 0.3 is 0 Å². The van der Waals surface area contributed by atoms with Crippen molar-refractivity contribution in [2.75, 3.05) is 31.1 Å². The number of hydrogen-bond acceptors (Lipinski definition) is 5. The number of carbonyl (C=O) groups is 1. The summed E-state index contributed by atoms with van der Waals surface area (Å²) in [6.45, 7) is 0.383. The van der Waals surface area contributed by atoms with E-state index < -0.39 is 0 Å². The molecule has 0 unspecified atom stereocenters. The molecule has 0 spiro atoms. The Morgan fingerprint density at radius 2 is 2.04 bits per heavy atom. The van der Waals surface area contributed by atoms with Crippen molar-refractivity contribution >= 4 is 17.3 Å². The fourth-order valence-corrected chi connectivity index (χ4v) is 3.36. The van der Waals surface area contributed by atoms with E-state index >= 15 is 0 Å². The van der Waals surface area contributed by atoms with Crippen molar-refractivity contribution in [3.05, 3.63) is 41.5 Å². The molecule has 0 saturated heterocycles. The van der Waals surface area contributed by atoms with E-state index in [1.807, 2.05) is 6.07 Å². The van der Waals surface area contributed by atoms with Crippen LogP contribution in [-0.2, 0) is 17.6 Å². The SMILES string of the molecule is COc1ccc2c(c1NCC(=O)Nc1ccc3c(c1)OCO3)CCC2. The highest BCUT2D eigenvalue weighted by atomic mass is 16.7. The lowest BCUT2D eigenvalue weighted by Crippen LogP contribution is -2.22. The quantitative estimate of drug-likeness (QED) is 0.876. The van der Waals surface area contributed by atoms with Gasteiger partial charge in [0.05, 0.1) is 19.3 Å².